The Hall–Kier alpha value is -3.65. The van der Waals surface area contributed by atoms with E-state index in [-0.39, 0.29) is 46.6 Å². The van der Waals surface area contributed by atoms with E-state index in [0.717, 1.165) is 6.42 Å². The molecule has 3 aliphatic heterocycles. The highest BCUT2D eigenvalue weighted by Crippen LogP contribution is 2.67. The second-order valence-corrected chi connectivity index (χ2v) is 13.0. The van der Waals surface area contributed by atoms with Crippen LogP contribution in [0.5, 0.6) is 11.5 Å². The van der Waals surface area contributed by atoms with Crippen molar-refractivity contribution in [2.75, 3.05) is 0 Å². The zero-order valence-corrected chi connectivity index (χ0v) is 24.3. The normalized spacial score (nSPS) is 34.0. The van der Waals surface area contributed by atoms with Gasteiger partial charge in [-0.1, -0.05) is 23.8 Å². The third-order valence-corrected chi connectivity index (χ3v) is 9.49. The smallest absolute Gasteiger partial charge is 0.330 e. The van der Waals surface area contributed by atoms with Crippen LogP contribution in [0.3, 0.4) is 0 Å². The first-order valence-corrected chi connectivity index (χ1v) is 14.2. The van der Waals surface area contributed by atoms with Gasteiger partial charge in [0.15, 0.2) is 22.8 Å². The molecule has 8 nitrogen and oxygen atoms in total. The van der Waals surface area contributed by atoms with Gasteiger partial charge in [-0.3, -0.25) is 9.59 Å². The molecule has 2 N–H and O–H groups in total. The van der Waals surface area contributed by atoms with Crippen LogP contribution in [0.4, 0.5) is 0 Å². The fourth-order valence-corrected chi connectivity index (χ4v) is 7.56. The fraction of sp³-hybridized carbons (Fsp3) is 0.485. The molecule has 3 aliphatic carbocycles. The number of carboxylic acids is 1. The highest BCUT2D eigenvalue weighted by molar-refractivity contribution is 6.17. The van der Waals surface area contributed by atoms with E-state index < -0.39 is 34.3 Å². The summed E-state index contributed by atoms with van der Waals surface area (Å²) in [5.41, 5.74) is -2.24. The van der Waals surface area contributed by atoms with Gasteiger partial charge in [0, 0.05) is 41.5 Å². The Morgan fingerprint density at radius 2 is 1.76 bits per heavy atom. The van der Waals surface area contributed by atoms with E-state index in [9.17, 15) is 24.6 Å². The van der Waals surface area contributed by atoms with Crippen molar-refractivity contribution in [1.82, 2.24) is 0 Å². The lowest BCUT2D eigenvalue weighted by molar-refractivity contribution is -0.171. The summed E-state index contributed by atoms with van der Waals surface area (Å²) in [6, 6.07) is 3.24. The molecule has 2 fully saturated rings. The number of benzene rings is 1. The minimum Gasteiger partial charge on any atom is -0.507 e. The lowest BCUT2D eigenvalue weighted by Crippen LogP contribution is -2.72. The van der Waals surface area contributed by atoms with Gasteiger partial charge in [-0.05, 0) is 66.9 Å². The van der Waals surface area contributed by atoms with E-state index in [1.54, 1.807) is 24.3 Å². The van der Waals surface area contributed by atoms with Crippen molar-refractivity contribution in [2.45, 2.75) is 89.6 Å². The molecule has 3 heterocycles. The number of allylic oxidation sites excluding steroid dienone is 3. The number of ether oxygens (including phenoxy) is 3. The highest BCUT2D eigenvalue weighted by atomic mass is 16.6. The molecule has 1 saturated carbocycles. The van der Waals surface area contributed by atoms with E-state index in [0.29, 0.717) is 29.7 Å². The number of hydrogen-bond acceptors (Lipinski definition) is 7. The number of carboxylic acid groups (broad SMARTS) is 1. The maximum Gasteiger partial charge on any atom is 0.330 e. The molecular formula is C33H36O8. The van der Waals surface area contributed by atoms with Gasteiger partial charge in [-0.25, -0.2) is 4.79 Å². The van der Waals surface area contributed by atoms with Crippen LogP contribution < -0.4 is 9.47 Å². The average molecular weight is 561 g/mol. The topological polar surface area (TPSA) is 119 Å². The molecule has 41 heavy (non-hydrogen) atoms. The zero-order chi connectivity index (χ0) is 29.7. The number of aliphatic carboxylic acids is 1. The number of hydrogen-bond donors (Lipinski definition) is 2. The van der Waals surface area contributed by atoms with Crippen molar-refractivity contribution in [3.8, 4) is 11.5 Å². The first kappa shape index (κ1) is 27.5. The molecular weight excluding hydrogens is 524 g/mol. The third-order valence-electron chi connectivity index (χ3n) is 9.49. The van der Waals surface area contributed by atoms with Crippen LogP contribution >= 0.6 is 0 Å². The van der Waals surface area contributed by atoms with Crippen LogP contribution in [0.1, 0.15) is 83.1 Å². The van der Waals surface area contributed by atoms with E-state index >= 15 is 0 Å². The average Bonchev–Trinajstić information content (AvgIpc) is 3.03. The fourth-order valence-electron chi connectivity index (χ4n) is 7.56. The third kappa shape index (κ3) is 3.72. The Labute approximate surface area is 239 Å². The number of aliphatic hydroxyl groups excluding tert-OH is 1. The molecule has 216 valence electrons. The summed E-state index contributed by atoms with van der Waals surface area (Å²) >= 11 is 0. The van der Waals surface area contributed by atoms with Crippen molar-refractivity contribution < 1.29 is 38.8 Å². The maximum atomic E-state index is 14.2. The summed E-state index contributed by atoms with van der Waals surface area (Å²) in [5, 5.41) is 20.5. The van der Waals surface area contributed by atoms with Crippen LogP contribution in [0.15, 0.2) is 53.2 Å². The predicted octanol–water partition coefficient (Wildman–Crippen LogP) is 5.91. The molecule has 0 radical (unpaired) electrons. The molecule has 1 saturated heterocycles. The Bertz CT molecular complexity index is 1540. The minimum atomic E-state index is -1.56. The van der Waals surface area contributed by atoms with Gasteiger partial charge in [-0.15, -0.1) is 0 Å². The molecule has 1 aromatic carbocycles. The Morgan fingerprint density at radius 3 is 2.44 bits per heavy atom. The summed E-state index contributed by atoms with van der Waals surface area (Å²) in [6.07, 6.45) is 8.83. The van der Waals surface area contributed by atoms with Crippen molar-refractivity contribution in [1.29, 1.82) is 0 Å². The van der Waals surface area contributed by atoms with Crippen LogP contribution in [0.25, 0.3) is 5.76 Å². The molecule has 0 aromatic heterocycles. The lowest BCUT2D eigenvalue weighted by Gasteiger charge is -2.56. The van der Waals surface area contributed by atoms with Gasteiger partial charge < -0.3 is 24.4 Å². The molecule has 1 spiro atoms. The molecule has 0 amide bonds. The molecule has 5 unspecified atom stereocenters. The Kier molecular flexibility index (Phi) is 5.82. The summed E-state index contributed by atoms with van der Waals surface area (Å²) in [4.78, 5) is 39.8. The molecule has 8 heteroatoms. The van der Waals surface area contributed by atoms with Crippen molar-refractivity contribution in [2.24, 2.45) is 11.8 Å². The van der Waals surface area contributed by atoms with Crippen LogP contribution in [-0.4, -0.2) is 50.2 Å². The van der Waals surface area contributed by atoms with E-state index in [1.165, 1.54) is 18.6 Å². The number of rotatable bonds is 6. The van der Waals surface area contributed by atoms with Crippen LogP contribution in [0.2, 0.25) is 0 Å². The first-order chi connectivity index (χ1) is 19.1. The molecule has 6 aliphatic rings. The SMILES string of the molecule is CC(C)=CCCC1(C)C=C(O)c2cc3c(cc2O1)OC12C(=CC4CC1C(C)(C)OC2(C/C=C(/C)C(=O)O)C4=O)C3=O. The summed E-state index contributed by atoms with van der Waals surface area (Å²) in [5.74, 6) is -1.76. The molecule has 1 aromatic rings. The van der Waals surface area contributed by atoms with Gasteiger partial charge in [0.05, 0.1) is 16.7 Å². The van der Waals surface area contributed by atoms with Crippen molar-refractivity contribution in [3.63, 3.8) is 0 Å². The van der Waals surface area contributed by atoms with Crippen LogP contribution in [0, 0.1) is 11.8 Å². The minimum absolute atomic E-state index is 0.0337. The van der Waals surface area contributed by atoms with Gasteiger partial charge in [-0.2, -0.15) is 0 Å². The standard InChI is InChI=1S/C33H36O8/c1-17(2)8-7-10-31(6)16-23(34)20-14-21-25(15-24(20)39-31)40-33-22(27(21)35)12-19-13-26(33)30(4,5)41-32(33,28(19)36)11-9-18(3)29(37)38/h8-9,12,14-16,19,26,34H,7,10-11,13H2,1-6H3,(H,37,38)/b18-9-. The molecule has 7 rings (SSSR count). The first-order valence-electron chi connectivity index (χ1n) is 14.2. The second kappa shape index (κ2) is 8.68. The number of ketones is 2. The largest absolute Gasteiger partial charge is 0.507 e. The van der Waals surface area contributed by atoms with E-state index in [4.69, 9.17) is 14.2 Å². The van der Waals surface area contributed by atoms with Gasteiger partial charge in [0.1, 0.15) is 22.9 Å². The Balaban J connectivity index is 1.48. The van der Waals surface area contributed by atoms with E-state index in [1.807, 2.05) is 34.6 Å². The predicted molar refractivity (Wildman–Crippen MR) is 151 cm³/mol. The zero-order valence-electron chi connectivity index (χ0n) is 24.3. The lowest BCUT2D eigenvalue weighted by atomic mass is 9.51. The van der Waals surface area contributed by atoms with Crippen molar-refractivity contribution >= 4 is 23.3 Å². The summed E-state index contributed by atoms with van der Waals surface area (Å²) < 4.78 is 19.8. The maximum absolute atomic E-state index is 14.2. The van der Waals surface area contributed by atoms with Gasteiger partial charge in [0.25, 0.3) is 0 Å². The summed E-state index contributed by atoms with van der Waals surface area (Å²) in [7, 11) is 0. The highest BCUT2D eigenvalue weighted by Gasteiger charge is 2.81. The quantitative estimate of drug-likeness (QED) is 0.326. The Morgan fingerprint density at radius 1 is 1.05 bits per heavy atom. The van der Waals surface area contributed by atoms with Gasteiger partial charge >= 0.3 is 5.97 Å². The number of carbonyl (C=O) groups excluding carboxylic acids is 2. The molecule has 4 bridgehead atoms. The van der Waals surface area contributed by atoms with E-state index in [2.05, 4.69) is 6.08 Å². The van der Waals surface area contributed by atoms with Crippen molar-refractivity contribution in [3.05, 3.63) is 64.3 Å². The monoisotopic (exact) mass is 560 g/mol. The molecule has 5 atom stereocenters. The number of fused-ring (bicyclic) bond motifs is 2. The number of Topliss-reactive ketones (excluding diaryl/α,β-unsaturated/α-hetero) is 2. The number of carbonyl (C=O) groups is 3. The second-order valence-electron chi connectivity index (χ2n) is 13.0. The van der Waals surface area contributed by atoms with Gasteiger partial charge in [0.2, 0.25) is 0 Å². The number of aliphatic hydroxyl groups is 1. The van der Waals surface area contributed by atoms with Crippen LogP contribution in [-0.2, 0) is 14.3 Å². The summed E-state index contributed by atoms with van der Waals surface area (Å²) in [6.45, 7) is 11.2.